The monoisotopic (exact) mass is 628 g/mol. The van der Waals surface area contributed by atoms with Crippen LogP contribution < -0.4 is 14.4 Å². The summed E-state index contributed by atoms with van der Waals surface area (Å²) in [7, 11) is 1.39. The number of hydrogen-bond donors (Lipinski definition) is 2. The number of phenols is 1. The van der Waals surface area contributed by atoms with Crippen LogP contribution in [0.5, 0.6) is 17.2 Å². The van der Waals surface area contributed by atoms with Gasteiger partial charge in [-0.25, -0.2) is 4.98 Å². The maximum absolute atomic E-state index is 13.5. The lowest BCUT2D eigenvalue weighted by atomic mass is 9.95. The number of methoxy groups -OCH3 is 1. The van der Waals surface area contributed by atoms with E-state index in [9.17, 15) is 19.8 Å². The molecule has 200 valence electrons. The van der Waals surface area contributed by atoms with Crippen molar-refractivity contribution in [3.8, 4) is 17.2 Å². The second kappa shape index (κ2) is 10.9. The molecular weight excluding hydrogens is 608 g/mol. The van der Waals surface area contributed by atoms with Crippen molar-refractivity contribution in [2.45, 2.75) is 19.4 Å². The van der Waals surface area contributed by atoms with E-state index in [1.165, 1.54) is 29.4 Å². The van der Waals surface area contributed by atoms with Gasteiger partial charge in [-0.2, -0.15) is 0 Å². The summed E-state index contributed by atoms with van der Waals surface area (Å²) in [5, 5.41) is 22.6. The van der Waals surface area contributed by atoms with Crippen LogP contribution in [0, 0.1) is 0 Å². The number of ketones is 1. The van der Waals surface area contributed by atoms with Gasteiger partial charge in [0.05, 0.1) is 40.0 Å². The first-order valence-electron chi connectivity index (χ1n) is 11.9. The lowest BCUT2D eigenvalue weighted by Gasteiger charge is -2.24. The number of anilines is 1. The first kappa shape index (κ1) is 27.0. The molecule has 11 heteroatoms. The largest absolute Gasteiger partial charge is 0.507 e. The molecule has 1 aromatic heterocycles. The van der Waals surface area contributed by atoms with Gasteiger partial charge in [-0.15, -0.1) is 0 Å². The molecule has 2 N–H and O–H groups in total. The summed E-state index contributed by atoms with van der Waals surface area (Å²) < 4.78 is 12.0. The molecule has 2 heterocycles. The van der Waals surface area contributed by atoms with Crippen LogP contribution in [-0.2, 0) is 9.59 Å². The number of carbonyl (C=O) groups is 2. The standard InChI is InChI=1S/C28H22BrClN2O6S/c1-3-10-38-17-7-4-14(5-8-17)24(33)22-23(15-11-18(29)25(34)20(12-15)37-2)32(27(36)26(22)35)28-31-19-9-6-16(30)13-21(19)39-28/h4-9,11-13,23,33-34H,3,10H2,1-2H3/b24-22+. The third-order valence-corrected chi connectivity index (χ3v) is 8.03. The number of fused-ring (bicyclic) bond motifs is 1. The Morgan fingerprint density at radius 1 is 1.15 bits per heavy atom. The van der Waals surface area contributed by atoms with Crippen molar-refractivity contribution in [2.75, 3.05) is 18.6 Å². The number of aliphatic hydroxyl groups is 1. The Hall–Kier alpha value is -3.60. The number of hydrogen-bond acceptors (Lipinski definition) is 8. The predicted molar refractivity (Wildman–Crippen MR) is 154 cm³/mol. The van der Waals surface area contributed by atoms with Crippen molar-refractivity contribution in [1.82, 2.24) is 4.98 Å². The zero-order valence-corrected chi connectivity index (χ0v) is 23.9. The average Bonchev–Trinajstić information content (AvgIpc) is 3.46. The van der Waals surface area contributed by atoms with Crippen LogP contribution in [0.3, 0.4) is 0 Å². The second-order valence-electron chi connectivity index (χ2n) is 8.70. The number of thiazole rings is 1. The van der Waals surface area contributed by atoms with Crippen molar-refractivity contribution in [1.29, 1.82) is 0 Å². The maximum Gasteiger partial charge on any atom is 0.301 e. The highest BCUT2D eigenvalue weighted by Gasteiger charge is 2.48. The second-order valence-corrected chi connectivity index (χ2v) is 11.0. The van der Waals surface area contributed by atoms with Crippen molar-refractivity contribution >= 4 is 71.7 Å². The lowest BCUT2D eigenvalue weighted by Crippen LogP contribution is -2.29. The van der Waals surface area contributed by atoms with Crippen molar-refractivity contribution in [3.63, 3.8) is 0 Å². The number of nitrogens with zero attached hydrogens (tertiary/aromatic N) is 2. The molecule has 1 aliphatic rings. The molecule has 0 radical (unpaired) electrons. The first-order chi connectivity index (χ1) is 18.7. The van der Waals surface area contributed by atoms with E-state index in [0.29, 0.717) is 34.0 Å². The van der Waals surface area contributed by atoms with Crippen LogP contribution in [0.25, 0.3) is 16.0 Å². The van der Waals surface area contributed by atoms with E-state index < -0.39 is 17.7 Å². The van der Waals surface area contributed by atoms with E-state index in [1.807, 2.05) is 6.92 Å². The molecule has 1 amide bonds. The van der Waals surface area contributed by atoms with E-state index >= 15 is 0 Å². The summed E-state index contributed by atoms with van der Waals surface area (Å²) in [6, 6.07) is 13.8. The zero-order valence-electron chi connectivity index (χ0n) is 20.8. The van der Waals surface area contributed by atoms with Crippen LogP contribution >= 0.6 is 38.9 Å². The number of rotatable bonds is 7. The van der Waals surface area contributed by atoms with Crippen molar-refractivity contribution in [2.24, 2.45) is 0 Å². The summed E-state index contributed by atoms with van der Waals surface area (Å²) >= 11 is 10.7. The third-order valence-electron chi connectivity index (χ3n) is 6.18. The number of Topliss-reactive ketones (excluding diaryl/α,β-unsaturated/α-hetero) is 1. The normalized spacial score (nSPS) is 16.7. The SMILES string of the molecule is CCCOc1ccc(/C(O)=C2\C(=O)C(=O)N(c3nc4ccc(Cl)cc4s3)C2c2cc(Br)c(O)c(OC)c2)cc1. The predicted octanol–water partition coefficient (Wildman–Crippen LogP) is 6.84. The summed E-state index contributed by atoms with van der Waals surface area (Å²) in [4.78, 5) is 32.9. The molecule has 1 atom stereocenters. The molecule has 3 aromatic carbocycles. The van der Waals surface area contributed by atoms with E-state index in [2.05, 4.69) is 20.9 Å². The van der Waals surface area contributed by atoms with Gasteiger partial charge in [-0.05, 0) is 82.5 Å². The van der Waals surface area contributed by atoms with E-state index in [0.717, 1.165) is 11.1 Å². The smallest absolute Gasteiger partial charge is 0.301 e. The molecule has 4 aromatic rings. The van der Waals surface area contributed by atoms with E-state index in [1.54, 1.807) is 48.5 Å². The minimum absolute atomic E-state index is 0.124. The Labute approximate surface area is 241 Å². The summed E-state index contributed by atoms with van der Waals surface area (Å²) in [5.41, 5.74) is 1.23. The van der Waals surface area contributed by atoms with Crippen LogP contribution in [0.4, 0.5) is 5.13 Å². The highest BCUT2D eigenvalue weighted by atomic mass is 79.9. The highest BCUT2D eigenvalue weighted by Crippen LogP contribution is 2.47. The Bertz CT molecular complexity index is 1640. The fourth-order valence-corrected chi connectivity index (χ4v) is 6.05. The van der Waals surface area contributed by atoms with Gasteiger partial charge in [0.25, 0.3) is 5.78 Å². The Morgan fingerprint density at radius 3 is 2.59 bits per heavy atom. The molecule has 5 rings (SSSR count). The fourth-order valence-electron chi connectivity index (χ4n) is 4.33. The molecule has 1 unspecified atom stereocenters. The number of aliphatic hydroxyl groups excluding tert-OH is 1. The molecule has 8 nitrogen and oxygen atoms in total. The van der Waals surface area contributed by atoms with Gasteiger partial charge in [0.15, 0.2) is 16.6 Å². The molecule has 0 saturated carbocycles. The number of aromatic hydroxyl groups is 1. The molecule has 1 aliphatic heterocycles. The molecule has 1 saturated heterocycles. The van der Waals surface area contributed by atoms with Crippen LogP contribution in [-0.4, -0.2) is 40.6 Å². The maximum atomic E-state index is 13.5. The van der Waals surface area contributed by atoms with Crippen molar-refractivity contribution in [3.05, 3.63) is 80.8 Å². The van der Waals surface area contributed by atoms with Gasteiger partial charge in [0.2, 0.25) is 0 Å². The van der Waals surface area contributed by atoms with E-state index in [4.69, 9.17) is 21.1 Å². The first-order valence-corrected chi connectivity index (χ1v) is 13.9. The van der Waals surface area contributed by atoms with Crippen LogP contribution in [0.15, 0.2) is 64.6 Å². The third kappa shape index (κ3) is 4.95. The van der Waals surface area contributed by atoms with Crippen LogP contribution in [0.2, 0.25) is 5.02 Å². The number of ether oxygens (including phenoxy) is 2. The Kier molecular flexibility index (Phi) is 7.53. The topological polar surface area (TPSA) is 109 Å². The molecule has 0 aliphatic carbocycles. The molecule has 0 bridgehead atoms. The van der Waals surface area contributed by atoms with Crippen molar-refractivity contribution < 1.29 is 29.3 Å². The zero-order chi connectivity index (χ0) is 27.8. The quantitative estimate of drug-likeness (QED) is 0.131. The van der Waals surface area contributed by atoms with Gasteiger partial charge in [-0.1, -0.05) is 29.9 Å². The number of halogens is 2. The van der Waals surface area contributed by atoms with E-state index in [-0.39, 0.29) is 32.4 Å². The fraction of sp³-hybridized carbons (Fsp3) is 0.179. The number of aromatic nitrogens is 1. The number of carbonyl (C=O) groups excluding carboxylic acids is 2. The molecule has 39 heavy (non-hydrogen) atoms. The lowest BCUT2D eigenvalue weighted by molar-refractivity contribution is -0.132. The number of phenolic OH excluding ortho intramolecular Hbond substituents is 1. The molecular formula is C28H22BrClN2O6S. The average molecular weight is 630 g/mol. The molecule has 1 fully saturated rings. The summed E-state index contributed by atoms with van der Waals surface area (Å²) in [6.07, 6.45) is 0.842. The van der Waals surface area contributed by atoms with Gasteiger partial charge >= 0.3 is 5.91 Å². The van der Waals surface area contributed by atoms with Crippen LogP contribution in [0.1, 0.15) is 30.5 Å². The van der Waals surface area contributed by atoms with Gasteiger partial charge in [0, 0.05) is 10.6 Å². The highest BCUT2D eigenvalue weighted by molar-refractivity contribution is 9.10. The summed E-state index contributed by atoms with van der Waals surface area (Å²) in [6.45, 7) is 2.54. The molecule has 0 spiro atoms. The minimum atomic E-state index is -1.07. The Morgan fingerprint density at radius 2 is 1.90 bits per heavy atom. The van der Waals surface area contributed by atoms with Gasteiger partial charge in [-0.3, -0.25) is 14.5 Å². The Balaban J connectivity index is 1.70. The number of amides is 1. The van der Waals surface area contributed by atoms with Gasteiger partial charge in [0.1, 0.15) is 11.5 Å². The van der Waals surface area contributed by atoms with Gasteiger partial charge < -0.3 is 19.7 Å². The summed E-state index contributed by atoms with van der Waals surface area (Å²) in [5.74, 6) is -1.48. The number of benzene rings is 3. The minimum Gasteiger partial charge on any atom is -0.507 e.